The van der Waals surface area contributed by atoms with Crippen molar-refractivity contribution in [3.63, 3.8) is 0 Å². The lowest BCUT2D eigenvalue weighted by molar-refractivity contribution is -0.133. The van der Waals surface area contributed by atoms with Crippen molar-refractivity contribution in [2.24, 2.45) is 0 Å². The number of hydrogen-bond donors (Lipinski definition) is 2. The highest BCUT2D eigenvalue weighted by Gasteiger charge is 2.23. The molecule has 6 nitrogen and oxygen atoms in total. The van der Waals surface area contributed by atoms with E-state index in [9.17, 15) is 9.59 Å². The summed E-state index contributed by atoms with van der Waals surface area (Å²) in [5.74, 6) is 0.908. The molecule has 2 aliphatic rings. The van der Waals surface area contributed by atoms with Crippen LogP contribution in [-0.2, 0) is 9.59 Å². The first-order valence-corrected chi connectivity index (χ1v) is 11.8. The van der Waals surface area contributed by atoms with E-state index in [1.807, 2.05) is 26.0 Å². The third kappa shape index (κ3) is 8.66. The van der Waals surface area contributed by atoms with Crippen LogP contribution in [0.3, 0.4) is 0 Å². The number of allylic oxidation sites excluding steroid dienone is 1. The number of piperidine rings is 1. The Kier molecular flexibility index (Phi) is 13.4. The number of carbonyl (C=O) groups excluding carboxylic acids is 2. The van der Waals surface area contributed by atoms with Gasteiger partial charge in [-0.3, -0.25) is 14.5 Å². The summed E-state index contributed by atoms with van der Waals surface area (Å²) in [5, 5.41) is 6.40. The predicted molar refractivity (Wildman–Crippen MR) is 133 cm³/mol. The van der Waals surface area contributed by atoms with Gasteiger partial charge in [0.05, 0.1) is 0 Å². The number of carbonyl (C=O) groups is 2. The molecule has 0 atom stereocenters. The molecule has 2 fully saturated rings. The summed E-state index contributed by atoms with van der Waals surface area (Å²) in [6.07, 6.45) is 14.3. The zero-order chi connectivity index (χ0) is 23.8. The normalized spacial score (nSPS) is 17.2. The summed E-state index contributed by atoms with van der Waals surface area (Å²) in [7, 11) is 0. The molecule has 2 amide bonds. The summed E-state index contributed by atoms with van der Waals surface area (Å²) < 4.78 is 0. The molecule has 3 rings (SSSR count). The third-order valence-electron chi connectivity index (χ3n) is 5.40. The van der Waals surface area contributed by atoms with Crippen LogP contribution in [0.25, 0.3) is 0 Å². The maximum absolute atomic E-state index is 12.5. The largest absolute Gasteiger partial charge is 0.372 e. The van der Waals surface area contributed by atoms with Crippen molar-refractivity contribution >= 4 is 17.5 Å². The molecule has 0 spiro atoms. The van der Waals surface area contributed by atoms with Gasteiger partial charge in [0.25, 0.3) is 0 Å². The second-order valence-corrected chi connectivity index (χ2v) is 7.49. The summed E-state index contributed by atoms with van der Waals surface area (Å²) >= 11 is 0. The number of para-hydroxylation sites is 1. The molecule has 6 heteroatoms. The smallest absolute Gasteiger partial charge is 0.228 e. The molecule has 0 saturated carbocycles. The van der Waals surface area contributed by atoms with E-state index in [1.54, 1.807) is 4.90 Å². The average Bonchev–Trinajstić information content (AvgIpc) is 2.86. The minimum Gasteiger partial charge on any atom is -0.372 e. The van der Waals surface area contributed by atoms with Crippen LogP contribution in [0.15, 0.2) is 42.2 Å². The zero-order valence-corrected chi connectivity index (χ0v) is 20.0. The quantitative estimate of drug-likeness (QED) is 0.659. The van der Waals surface area contributed by atoms with Crippen molar-refractivity contribution in [2.45, 2.75) is 65.3 Å². The molecule has 1 aromatic carbocycles. The van der Waals surface area contributed by atoms with Crippen molar-refractivity contribution in [1.29, 1.82) is 0 Å². The topological polar surface area (TPSA) is 64.7 Å². The Morgan fingerprint density at radius 1 is 1.09 bits per heavy atom. The highest BCUT2D eigenvalue weighted by Crippen LogP contribution is 2.19. The van der Waals surface area contributed by atoms with Crippen LogP contribution in [0.1, 0.15) is 59.3 Å². The maximum atomic E-state index is 12.5. The zero-order valence-electron chi connectivity index (χ0n) is 20.0. The molecule has 0 bridgehead atoms. The Morgan fingerprint density at radius 2 is 1.75 bits per heavy atom. The molecule has 0 aliphatic carbocycles. The van der Waals surface area contributed by atoms with E-state index >= 15 is 0 Å². The van der Waals surface area contributed by atoms with Crippen molar-refractivity contribution in [1.82, 2.24) is 15.5 Å². The van der Waals surface area contributed by atoms with Gasteiger partial charge >= 0.3 is 0 Å². The number of anilines is 1. The van der Waals surface area contributed by atoms with Crippen LogP contribution in [0.2, 0.25) is 0 Å². The van der Waals surface area contributed by atoms with Crippen LogP contribution in [0.5, 0.6) is 0 Å². The number of terminal acetylenes is 1. The van der Waals surface area contributed by atoms with Crippen LogP contribution in [-0.4, -0.2) is 48.9 Å². The van der Waals surface area contributed by atoms with Crippen molar-refractivity contribution in [2.75, 3.05) is 31.1 Å². The van der Waals surface area contributed by atoms with Gasteiger partial charge in [-0.25, -0.2) is 0 Å². The molecule has 2 heterocycles. The maximum Gasteiger partial charge on any atom is 0.228 e. The third-order valence-corrected chi connectivity index (χ3v) is 5.40. The summed E-state index contributed by atoms with van der Waals surface area (Å²) in [5.41, 5.74) is 1.24. The lowest BCUT2D eigenvalue weighted by Gasteiger charge is -2.34. The number of nitrogens with zero attached hydrogens (tertiary/aromatic N) is 2. The monoisotopic (exact) mass is 440 g/mol. The molecule has 176 valence electrons. The number of benzene rings is 1. The van der Waals surface area contributed by atoms with E-state index in [0.29, 0.717) is 0 Å². The van der Waals surface area contributed by atoms with Gasteiger partial charge in [0.1, 0.15) is 5.82 Å². The molecule has 0 aromatic heterocycles. The van der Waals surface area contributed by atoms with Crippen LogP contribution in [0.4, 0.5) is 5.69 Å². The predicted octanol–water partition coefficient (Wildman–Crippen LogP) is 3.90. The second kappa shape index (κ2) is 15.8. The first-order valence-electron chi connectivity index (χ1n) is 11.8. The Balaban J connectivity index is 0.00000121. The van der Waals surface area contributed by atoms with E-state index in [4.69, 9.17) is 0 Å². The molecular formula is C26H40N4O2. The van der Waals surface area contributed by atoms with E-state index < -0.39 is 0 Å². The second-order valence-electron chi connectivity index (χ2n) is 7.49. The van der Waals surface area contributed by atoms with Crippen molar-refractivity contribution in [3.8, 4) is 12.8 Å². The fraction of sp³-hybridized carbons (Fsp3) is 0.538. The summed E-state index contributed by atoms with van der Waals surface area (Å²) in [4.78, 5) is 29.0. The van der Waals surface area contributed by atoms with Crippen molar-refractivity contribution < 1.29 is 9.59 Å². The van der Waals surface area contributed by atoms with Gasteiger partial charge in [-0.15, -0.1) is 12.8 Å². The lowest BCUT2D eigenvalue weighted by atomic mass is 10.0. The number of nitrogens with one attached hydrogen (secondary N) is 2. The van der Waals surface area contributed by atoms with Crippen molar-refractivity contribution in [3.05, 3.63) is 42.2 Å². The summed E-state index contributed by atoms with van der Waals surface area (Å²) in [6, 6.07) is 10.6. The van der Waals surface area contributed by atoms with Crippen LogP contribution in [0, 0.1) is 12.8 Å². The number of amides is 2. The SMILES string of the molecule is C#C.CC.CC/C=C1\NCCCN1C(=O)CCC(=O)NC1CCN(c2ccccc2)CC1. The van der Waals surface area contributed by atoms with Crippen LogP contribution >= 0.6 is 0 Å². The van der Waals surface area contributed by atoms with E-state index in [1.165, 1.54) is 5.69 Å². The highest BCUT2D eigenvalue weighted by molar-refractivity contribution is 5.84. The highest BCUT2D eigenvalue weighted by atomic mass is 16.2. The molecule has 0 radical (unpaired) electrons. The Morgan fingerprint density at radius 3 is 2.38 bits per heavy atom. The molecule has 32 heavy (non-hydrogen) atoms. The minimum absolute atomic E-state index is 0.0162. The van der Waals surface area contributed by atoms with Crippen LogP contribution < -0.4 is 15.5 Å². The Bertz CT molecular complexity index is 722. The van der Waals surface area contributed by atoms with Gasteiger partial charge in [0.15, 0.2) is 0 Å². The fourth-order valence-corrected chi connectivity index (χ4v) is 3.88. The fourth-order valence-electron chi connectivity index (χ4n) is 3.88. The number of rotatable bonds is 6. The van der Waals surface area contributed by atoms with Gasteiger partial charge in [-0.2, -0.15) is 0 Å². The van der Waals surface area contributed by atoms with E-state index in [0.717, 1.165) is 57.7 Å². The molecule has 2 saturated heterocycles. The Hall–Kier alpha value is -2.94. The molecule has 1 aromatic rings. The minimum atomic E-state index is -0.0162. The standard InChI is InChI=1S/C22H32N4O2.C2H6.C2H2/c1-2-7-20-23-14-6-15-26(20)22(28)11-10-21(27)24-18-12-16-25(17-13-18)19-8-4-3-5-9-19;2*1-2/h3-5,7-9,18,23H,2,6,10-17H2,1H3,(H,24,27);1-2H3;1-2H/b20-7+;;. The molecule has 0 unspecified atom stereocenters. The average molecular weight is 441 g/mol. The first-order chi connectivity index (χ1) is 15.7. The van der Waals surface area contributed by atoms with Gasteiger partial charge < -0.3 is 15.5 Å². The molecule has 2 aliphatic heterocycles. The Labute approximate surface area is 194 Å². The van der Waals surface area contributed by atoms with Gasteiger partial charge in [0.2, 0.25) is 11.8 Å². The molecular weight excluding hydrogens is 400 g/mol. The number of hydrogen-bond acceptors (Lipinski definition) is 4. The summed E-state index contributed by atoms with van der Waals surface area (Å²) in [6.45, 7) is 9.58. The molecule has 2 N–H and O–H groups in total. The van der Waals surface area contributed by atoms with Gasteiger partial charge in [-0.1, -0.05) is 39.0 Å². The van der Waals surface area contributed by atoms with E-state index in [-0.39, 0.29) is 30.7 Å². The van der Waals surface area contributed by atoms with Gasteiger partial charge in [0, 0.05) is 50.7 Å². The first kappa shape index (κ1) is 27.1. The van der Waals surface area contributed by atoms with E-state index in [2.05, 4.69) is 59.6 Å². The van der Waals surface area contributed by atoms with Gasteiger partial charge in [-0.05, 0) is 43.9 Å². The lowest BCUT2D eigenvalue weighted by Crippen LogP contribution is -2.45.